The summed E-state index contributed by atoms with van der Waals surface area (Å²) < 4.78 is 0. The van der Waals surface area contributed by atoms with Crippen molar-refractivity contribution in [2.45, 2.75) is 31.3 Å². The lowest BCUT2D eigenvalue weighted by Crippen LogP contribution is -2.52. The van der Waals surface area contributed by atoms with Crippen LogP contribution in [0.4, 0.5) is 0 Å². The molecule has 0 saturated heterocycles. The number of hydrogen-bond acceptors (Lipinski definition) is 4. The monoisotopic (exact) mass is 187 g/mol. The number of aliphatic hydroxyl groups is 3. The van der Waals surface area contributed by atoms with E-state index in [9.17, 15) is 15.0 Å². The van der Waals surface area contributed by atoms with E-state index >= 15 is 0 Å². The molecule has 0 saturated carbocycles. The molecule has 0 heterocycles. The number of rotatable bonds is 1. The lowest BCUT2D eigenvalue weighted by atomic mass is 9.94. The summed E-state index contributed by atoms with van der Waals surface area (Å²) in [5.41, 5.74) is 0. The van der Waals surface area contributed by atoms with Gasteiger partial charge in [-0.3, -0.25) is 4.79 Å². The van der Waals surface area contributed by atoms with E-state index in [2.05, 4.69) is 5.32 Å². The summed E-state index contributed by atoms with van der Waals surface area (Å²) in [5.74, 6) is -0.294. The quantitative estimate of drug-likeness (QED) is 0.362. The topological polar surface area (TPSA) is 89.8 Å². The summed E-state index contributed by atoms with van der Waals surface area (Å²) in [5, 5.41) is 30.1. The smallest absolute Gasteiger partial charge is 0.217 e. The van der Waals surface area contributed by atoms with Crippen molar-refractivity contribution in [3.63, 3.8) is 0 Å². The second kappa shape index (κ2) is 3.87. The Morgan fingerprint density at radius 3 is 2.38 bits per heavy atom. The summed E-state index contributed by atoms with van der Waals surface area (Å²) >= 11 is 0. The first-order valence-electron chi connectivity index (χ1n) is 4.02. The molecule has 5 heteroatoms. The molecule has 5 nitrogen and oxygen atoms in total. The fraction of sp³-hybridized carbons (Fsp3) is 0.625. The molecule has 13 heavy (non-hydrogen) atoms. The molecule has 0 aromatic carbocycles. The molecule has 0 spiro atoms. The number of nitrogens with one attached hydrogen (secondary N) is 1. The second-order valence-electron chi connectivity index (χ2n) is 3.08. The minimum Gasteiger partial charge on any atom is -0.388 e. The zero-order valence-electron chi connectivity index (χ0n) is 7.21. The van der Waals surface area contributed by atoms with Crippen LogP contribution in [0.5, 0.6) is 0 Å². The van der Waals surface area contributed by atoms with Gasteiger partial charge in [0, 0.05) is 6.92 Å². The lowest BCUT2D eigenvalue weighted by Gasteiger charge is -2.30. The number of hydrogen-bond donors (Lipinski definition) is 4. The minimum absolute atomic E-state index is 0.294. The third-order valence-electron chi connectivity index (χ3n) is 1.95. The molecule has 1 aliphatic carbocycles. The molecule has 0 aliphatic heterocycles. The number of carbonyl (C=O) groups excluding carboxylic acids is 1. The molecule has 1 rings (SSSR count). The third kappa shape index (κ3) is 2.27. The predicted molar refractivity (Wildman–Crippen MR) is 44.8 cm³/mol. The maximum Gasteiger partial charge on any atom is 0.217 e. The molecule has 4 N–H and O–H groups in total. The van der Waals surface area contributed by atoms with Crippen LogP contribution in [0.15, 0.2) is 12.2 Å². The van der Waals surface area contributed by atoms with E-state index in [4.69, 9.17) is 5.11 Å². The lowest BCUT2D eigenvalue weighted by molar-refractivity contribution is -0.121. The Balaban J connectivity index is 2.66. The maximum atomic E-state index is 10.6. The highest BCUT2D eigenvalue weighted by Crippen LogP contribution is 2.13. The summed E-state index contributed by atoms with van der Waals surface area (Å²) in [6, 6.07) is -0.629. The Kier molecular flexibility index (Phi) is 3.02. The van der Waals surface area contributed by atoms with Crippen molar-refractivity contribution in [1.29, 1.82) is 0 Å². The molecule has 0 unspecified atom stereocenters. The Hall–Kier alpha value is -0.910. The van der Waals surface area contributed by atoms with Gasteiger partial charge in [-0.2, -0.15) is 0 Å². The van der Waals surface area contributed by atoms with Gasteiger partial charge in [-0.05, 0) is 0 Å². The van der Waals surface area contributed by atoms with Crippen LogP contribution >= 0.6 is 0 Å². The summed E-state index contributed by atoms with van der Waals surface area (Å²) in [6.45, 7) is 1.32. The van der Waals surface area contributed by atoms with Gasteiger partial charge in [0.05, 0.1) is 6.04 Å². The fourth-order valence-corrected chi connectivity index (χ4v) is 1.24. The van der Waals surface area contributed by atoms with Gasteiger partial charge in [-0.15, -0.1) is 0 Å². The SMILES string of the molecule is CC(=O)N[C@H]1C=C[C@H](O)[C@@H](O)[C@@H]1O. The van der Waals surface area contributed by atoms with E-state index in [0.717, 1.165) is 0 Å². The fourth-order valence-electron chi connectivity index (χ4n) is 1.24. The summed E-state index contributed by atoms with van der Waals surface area (Å²) in [7, 11) is 0. The van der Waals surface area contributed by atoms with E-state index < -0.39 is 24.4 Å². The number of carbonyl (C=O) groups is 1. The molecule has 0 bridgehead atoms. The Morgan fingerprint density at radius 2 is 1.85 bits per heavy atom. The van der Waals surface area contributed by atoms with Gasteiger partial charge in [0.15, 0.2) is 0 Å². The van der Waals surface area contributed by atoms with Crippen molar-refractivity contribution >= 4 is 5.91 Å². The molecule has 1 aliphatic rings. The van der Waals surface area contributed by atoms with E-state index in [1.165, 1.54) is 19.1 Å². The standard InChI is InChI=1S/C8H13NO4/c1-4(10)9-5-2-3-6(11)8(13)7(5)12/h2-3,5-8,11-13H,1H3,(H,9,10)/t5-,6-,7+,8+/m0/s1. The molecule has 0 aromatic rings. The van der Waals surface area contributed by atoms with Crippen LogP contribution in [0.2, 0.25) is 0 Å². The molecule has 1 amide bonds. The summed E-state index contributed by atoms with van der Waals surface area (Å²) in [6.07, 6.45) is -0.674. The van der Waals surface area contributed by atoms with Gasteiger partial charge in [0.25, 0.3) is 0 Å². The van der Waals surface area contributed by atoms with Crippen LogP contribution < -0.4 is 5.32 Å². The minimum atomic E-state index is -1.25. The number of aliphatic hydroxyl groups excluding tert-OH is 3. The Labute approximate surface area is 75.7 Å². The first-order valence-corrected chi connectivity index (χ1v) is 4.02. The highest BCUT2D eigenvalue weighted by Gasteiger charge is 2.32. The normalized spacial score (nSPS) is 38.8. The van der Waals surface area contributed by atoms with Gasteiger partial charge in [-0.25, -0.2) is 0 Å². The molecule has 0 aromatic heterocycles. The molecule has 0 radical (unpaired) electrons. The van der Waals surface area contributed by atoms with Crippen molar-refractivity contribution < 1.29 is 20.1 Å². The van der Waals surface area contributed by atoms with E-state index in [1.807, 2.05) is 0 Å². The van der Waals surface area contributed by atoms with Crippen molar-refractivity contribution in [3.8, 4) is 0 Å². The average molecular weight is 187 g/mol. The van der Waals surface area contributed by atoms with E-state index in [1.54, 1.807) is 0 Å². The van der Waals surface area contributed by atoms with E-state index in [0.29, 0.717) is 0 Å². The first-order chi connectivity index (χ1) is 6.02. The molecular formula is C8H13NO4. The van der Waals surface area contributed by atoms with Gasteiger partial charge in [0.2, 0.25) is 5.91 Å². The van der Waals surface area contributed by atoms with Crippen LogP contribution in [0, 0.1) is 0 Å². The highest BCUT2D eigenvalue weighted by atomic mass is 16.4. The van der Waals surface area contributed by atoms with Crippen LogP contribution in [-0.4, -0.2) is 45.6 Å². The average Bonchev–Trinajstić information content (AvgIpc) is 2.06. The van der Waals surface area contributed by atoms with Crippen LogP contribution in [-0.2, 0) is 4.79 Å². The van der Waals surface area contributed by atoms with Crippen LogP contribution in [0.1, 0.15) is 6.92 Å². The molecule has 4 atom stereocenters. The first kappa shape index (κ1) is 10.2. The molecule has 0 fully saturated rings. The van der Waals surface area contributed by atoms with Gasteiger partial charge >= 0.3 is 0 Å². The highest BCUT2D eigenvalue weighted by molar-refractivity contribution is 5.73. The zero-order chi connectivity index (χ0) is 10.0. The molecule has 74 valence electrons. The number of amides is 1. The van der Waals surface area contributed by atoms with Crippen molar-refractivity contribution in [2.24, 2.45) is 0 Å². The van der Waals surface area contributed by atoms with Crippen LogP contribution in [0.25, 0.3) is 0 Å². The van der Waals surface area contributed by atoms with Crippen molar-refractivity contribution in [3.05, 3.63) is 12.2 Å². The van der Waals surface area contributed by atoms with Gasteiger partial charge in [0.1, 0.15) is 18.3 Å². The Morgan fingerprint density at radius 1 is 1.23 bits per heavy atom. The van der Waals surface area contributed by atoms with Crippen molar-refractivity contribution in [2.75, 3.05) is 0 Å². The Bertz CT molecular complexity index is 228. The summed E-state index contributed by atoms with van der Waals surface area (Å²) in [4.78, 5) is 10.6. The van der Waals surface area contributed by atoms with E-state index in [-0.39, 0.29) is 5.91 Å². The third-order valence-corrected chi connectivity index (χ3v) is 1.95. The second-order valence-corrected chi connectivity index (χ2v) is 3.08. The zero-order valence-corrected chi connectivity index (χ0v) is 7.21. The largest absolute Gasteiger partial charge is 0.388 e. The van der Waals surface area contributed by atoms with Crippen LogP contribution in [0.3, 0.4) is 0 Å². The van der Waals surface area contributed by atoms with Gasteiger partial charge < -0.3 is 20.6 Å². The van der Waals surface area contributed by atoms with Gasteiger partial charge in [-0.1, -0.05) is 12.2 Å². The van der Waals surface area contributed by atoms with Crippen molar-refractivity contribution in [1.82, 2.24) is 5.32 Å². The molecular weight excluding hydrogens is 174 g/mol. The maximum absolute atomic E-state index is 10.6. The predicted octanol–water partition coefficient (Wildman–Crippen LogP) is -1.86.